The molecule has 0 aliphatic rings. The van der Waals surface area contributed by atoms with Gasteiger partial charge in [-0.25, -0.2) is 0 Å². The summed E-state index contributed by atoms with van der Waals surface area (Å²) in [6.45, 7) is 14.2. The zero-order valence-corrected chi connectivity index (χ0v) is 13.2. The minimum Gasteiger partial charge on any atom is -0.341 e. The number of carbonyl (C=O) groups is 1. The van der Waals surface area contributed by atoms with Crippen molar-refractivity contribution in [3.63, 3.8) is 0 Å². The van der Waals surface area contributed by atoms with Crippen molar-refractivity contribution < 1.29 is 4.79 Å². The molecule has 0 rings (SSSR count). The summed E-state index contributed by atoms with van der Waals surface area (Å²) in [7, 11) is 2.04. The highest BCUT2D eigenvalue weighted by atomic mass is 16.2. The quantitative estimate of drug-likeness (QED) is 0.633. The summed E-state index contributed by atoms with van der Waals surface area (Å²) < 4.78 is 0. The maximum atomic E-state index is 12.3. The molecule has 0 radical (unpaired) electrons. The number of unbranched alkanes of at least 4 members (excludes halogenated alkanes) is 1. The van der Waals surface area contributed by atoms with E-state index < -0.39 is 0 Å². The Morgan fingerprint density at radius 1 is 1.06 bits per heavy atom. The van der Waals surface area contributed by atoms with Gasteiger partial charge in [0.05, 0.1) is 6.54 Å². The van der Waals surface area contributed by atoms with Crippen LogP contribution in [0.2, 0.25) is 0 Å². The Hall–Kier alpha value is -0.570. The number of amides is 1. The first-order valence-electron chi connectivity index (χ1n) is 7.33. The van der Waals surface area contributed by atoms with Crippen LogP contribution in [0.4, 0.5) is 0 Å². The van der Waals surface area contributed by atoms with Gasteiger partial charge >= 0.3 is 0 Å². The topological polar surface area (TPSA) is 23.6 Å². The molecular weight excluding hydrogens is 224 g/mol. The molecule has 0 bridgehead atoms. The van der Waals surface area contributed by atoms with E-state index in [0.29, 0.717) is 18.4 Å². The van der Waals surface area contributed by atoms with E-state index in [1.807, 2.05) is 11.9 Å². The van der Waals surface area contributed by atoms with Crippen molar-refractivity contribution in [1.82, 2.24) is 9.80 Å². The summed E-state index contributed by atoms with van der Waals surface area (Å²) in [5.41, 5.74) is 0. The first-order chi connectivity index (χ1) is 8.36. The van der Waals surface area contributed by atoms with Crippen molar-refractivity contribution >= 4 is 5.91 Å². The summed E-state index contributed by atoms with van der Waals surface area (Å²) in [5, 5.41) is 0. The van der Waals surface area contributed by atoms with Crippen LogP contribution >= 0.6 is 0 Å². The van der Waals surface area contributed by atoms with Gasteiger partial charge in [0, 0.05) is 13.1 Å². The second-order valence-corrected chi connectivity index (χ2v) is 6.18. The third-order valence-electron chi connectivity index (χ3n) is 2.82. The average Bonchev–Trinajstić information content (AvgIpc) is 2.24. The molecule has 0 aliphatic heterocycles. The molecule has 3 heteroatoms. The van der Waals surface area contributed by atoms with Gasteiger partial charge in [-0.15, -0.1) is 0 Å². The van der Waals surface area contributed by atoms with Gasteiger partial charge in [-0.1, -0.05) is 41.0 Å². The zero-order chi connectivity index (χ0) is 14.1. The number of likely N-dealkylation sites (N-methyl/N-ethyl adjacent to an activating group) is 1. The first kappa shape index (κ1) is 17.4. The molecular formula is C15H32N2O. The van der Waals surface area contributed by atoms with E-state index in [1.54, 1.807) is 0 Å². The average molecular weight is 256 g/mol. The highest BCUT2D eigenvalue weighted by Crippen LogP contribution is 2.05. The minimum atomic E-state index is 0.274. The summed E-state index contributed by atoms with van der Waals surface area (Å²) in [4.78, 5) is 16.4. The summed E-state index contributed by atoms with van der Waals surface area (Å²) in [5.74, 6) is 1.35. The smallest absolute Gasteiger partial charge is 0.236 e. The third-order valence-corrected chi connectivity index (χ3v) is 2.82. The number of carbonyl (C=O) groups excluding carboxylic acids is 1. The molecule has 0 heterocycles. The minimum absolute atomic E-state index is 0.274. The van der Waals surface area contributed by atoms with Crippen molar-refractivity contribution in [2.24, 2.45) is 11.8 Å². The van der Waals surface area contributed by atoms with Crippen LogP contribution in [-0.2, 0) is 4.79 Å². The van der Waals surface area contributed by atoms with Crippen LogP contribution in [0.15, 0.2) is 0 Å². The molecule has 0 N–H and O–H groups in total. The van der Waals surface area contributed by atoms with Crippen LogP contribution in [0.5, 0.6) is 0 Å². The predicted molar refractivity (Wildman–Crippen MR) is 78.7 cm³/mol. The second kappa shape index (κ2) is 9.37. The van der Waals surface area contributed by atoms with Crippen LogP contribution in [-0.4, -0.2) is 48.9 Å². The molecule has 0 saturated carbocycles. The number of hydrogen-bond acceptors (Lipinski definition) is 2. The monoisotopic (exact) mass is 256 g/mol. The maximum Gasteiger partial charge on any atom is 0.236 e. The van der Waals surface area contributed by atoms with Crippen molar-refractivity contribution in [1.29, 1.82) is 0 Å². The highest BCUT2D eigenvalue weighted by Gasteiger charge is 2.17. The molecule has 0 saturated heterocycles. The Kier molecular flexibility index (Phi) is 9.08. The Balaban J connectivity index is 4.27. The summed E-state index contributed by atoms with van der Waals surface area (Å²) in [6.07, 6.45) is 2.35. The van der Waals surface area contributed by atoms with Crippen molar-refractivity contribution in [3.8, 4) is 0 Å². The third kappa shape index (κ3) is 8.51. The Morgan fingerprint density at radius 3 is 1.94 bits per heavy atom. The van der Waals surface area contributed by atoms with Gasteiger partial charge < -0.3 is 4.90 Å². The fourth-order valence-electron chi connectivity index (χ4n) is 2.00. The van der Waals surface area contributed by atoms with E-state index in [2.05, 4.69) is 39.5 Å². The van der Waals surface area contributed by atoms with Crippen LogP contribution in [0.1, 0.15) is 47.5 Å². The molecule has 0 aliphatic carbocycles. The van der Waals surface area contributed by atoms with Gasteiger partial charge in [-0.2, -0.15) is 0 Å². The van der Waals surface area contributed by atoms with Crippen molar-refractivity contribution in [3.05, 3.63) is 0 Å². The molecule has 18 heavy (non-hydrogen) atoms. The fourth-order valence-corrected chi connectivity index (χ4v) is 2.00. The molecule has 0 aromatic heterocycles. The number of hydrogen-bond donors (Lipinski definition) is 0. The molecule has 0 atom stereocenters. The SMILES string of the molecule is CCCCN(C)CC(=O)N(CC(C)C)CC(C)C. The molecule has 0 fully saturated rings. The van der Waals surface area contributed by atoms with E-state index in [-0.39, 0.29) is 5.91 Å². The molecule has 0 unspecified atom stereocenters. The van der Waals surface area contributed by atoms with Gasteiger partial charge in [0.15, 0.2) is 0 Å². The fraction of sp³-hybridized carbons (Fsp3) is 0.933. The zero-order valence-electron chi connectivity index (χ0n) is 13.2. The molecule has 0 aromatic rings. The summed E-state index contributed by atoms with van der Waals surface area (Å²) >= 11 is 0. The molecule has 0 spiro atoms. The van der Waals surface area contributed by atoms with E-state index in [4.69, 9.17) is 0 Å². The molecule has 0 aromatic carbocycles. The summed E-state index contributed by atoms with van der Waals surface area (Å²) in [6, 6.07) is 0. The number of nitrogens with zero attached hydrogens (tertiary/aromatic N) is 2. The lowest BCUT2D eigenvalue weighted by molar-refractivity contribution is -0.133. The Morgan fingerprint density at radius 2 is 1.56 bits per heavy atom. The number of rotatable bonds is 9. The van der Waals surface area contributed by atoms with Crippen LogP contribution < -0.4 is 0 Å². The van der Waals surface area contributed by atoms with Gasteiger partial charge in [0.25, 0.3) is 0 Å². The lowest BCUT2D eigenvalue weighted by Crippen LogP contribution is -2.42. The van der Waals surface area contributed by atoms with E-state index >= 15 is 0 Å². The van der Waals surface area contributed by atoms with E-state index in [1.165, 1.54) is 6.42 Å². The lowest BCUT2D eigenvalue weighted by Gasteiger charge is -2.28. The second-order valence-electron chi connectivity index (χ2n) is 6.18. The first-order valence-corrected chi connectivity index (χ1v) is 7.33. The van der Waals surface area contributed by atoms with Gasteiger partial charge in [-0.05, 0) is 31.8 Å². The predicted octanol–water partition coefficient (Wildman–Crippen LogP) is 2.86. The van der Waals surface area contributed by atoms with Crippen LogP contribution in [0.3, 0.4) is 0 Å². The van der Waals surface area contributed by atoms with Crippen LogP contribution in [0, 0.1) is 11.8 Å². The molecule has 3 nitrogen and oxygen atoms in total. The van der Waals surface area contributed by atoms with Gasteiger partial charge in [-0.3, -0.25) is 9.69 Å². The standard InChI is InChI=1S/C15H32N2O/c1-7-8-9-16(6)12-15(18)17(10-13(2)3)11-14(4)5/h13-14H,7-12H2,1-6H3. The normalized spacial score (nSPS) is 11.6. The lowest BCUT2D eigenvalue weighted by atomic mass is 10.1. The van der Waals surface area contributed by atoms with E-state index in [9.17, 15) is 4.79 Å². The van der Waals surface area contributed by atoms with Gasteiger partial charge in [0.1, 0.15) is 0 Å². The highest BCUT2D eigenvalue weighted by molar-refractivity contribution is 5.78. The molecule has 108 valence electrons. The Bertz CT molecular complexity index is 217. The Labute approximate surface area is 114 Å². The van der Waals surface area contributed by atoms with Crippen molar-refractivity contribution in [2.45, 2.75) is 47.5 Å². The van der Waals surface area contributed by atoms with Crippen molar-refractivity contribution in [2.75, 3.05) is 33.2 Å². The van der Waals surface area contributed by atoms with Crippen LogP contribution in [0.25, 0.3) is 0 Å². The van der Waals surface area contributed by atoms with Gasteiger partial charge in [0.2, 0.25) is 5.91 Å². The molecule has 1 amide bonds. The largest absolute Gasteiger partial charge is 0.341 e. The van der Waals surface area contributed by atoms with E-state index in [0.717, 1.165) is 26.1 Å². The maximum absolute atomic E-state index is 12.3.